The molecule has 2 aliphatic carbocycles. The second-order valence-electron chi connectivity index (χ2n) is 6.04. The van der Waals surface area contributed by atoms with Gasteiger partial charge in [-0.25, -0.2) is 0 Å². The largest absolute Gasteiger partial charge is 0.382 e. The van der Waals surface area contributed by atoms with E-state index in [1.165, 1.54) is 44.2 Å². The molecule has 1 spiro atoms. The average Bonchev–Trinajstić information content (AvgIpc) is 2.48. The molecule has 19 heavy (non-hydrogen) atoms. The van der Waals surface area contributed by atoms with Gasteiger partial charge in [-0.3, -0.25) is 0 Å². The highest BCUT2D eigenvalue weighted by atomic mass is 16.5. The Labute approximate surface area is 116 Å². The molecule has 1 N–H and O–H groups in total. The zero-order valence-electron chi connectivity index (χ0n) is 11.9. The molecular weight excluding hydrogens is 234 g/mol. The van der Waals surface area contributed by atoms with Crippen molar-refractivity contribution in [1.29, 1.82) is 0 Å². The molecule has 2 unspecified atom stereocenters. The van der Waals surface area contributed by atoms with Crippen LogP contribution in [0.5, 0.6) is 0 Å². The SMILES string of the molecule is CCOC1CC(Nc2ccccc2)C12CCCCC2. The molecule has 1 aromatic carbocycles. The van der Waals surface area contributed by atoms with Gasteiger partial charge in [-0.2, -0.15) is 0 Å². The Morgan fingerprint density at radius 1 is 1.16 bits per heavy atom. The van der Waals surface area contributed by atoms with Crippen molar-refractivity contribution in [2.24, 2.45) is 5.41 Å². The van der Waals surface area contributed by atoms with E-state index in [2.05, 4.69) is 42.6 Å². The van der Waals surface area contributed by atoms with Gasteiger partial charge in [0.15, 0.2) is 0 Å². The number of ether oxygens (including phenoxy) is 1. The summed E-state index contributed by atoms with van der Waals surface area (Å²) in [6.45, 7) is 2.97. The number of hydrogen-bond donors (Lipinski definition) is 1. The lowest BCUT2D eigenvalue weighted by atomic mass is 9.55. The third-order valence-corrected chi connectivity index (χ3v) is 5.05. The summed E-state index contributed by atoms with van der Waals surface area (Å²) in [6.07, 6.45) is 8.47. The van der Waals surface area contributed by atoms with Crippen LogP contribution in [0.15, 0.2) is 30.3 Å². The van der Waals surface area contributed by atoms with Crippen LogP contribution < -0.4 is 5.32 Å². The van der Waals surface area contributed by atoms with Gasteiger partial charge in [-0.15, -0.1) is 0 Å². The standard InChI is InChI=1S/C17H25NO/c1-2-19-16-13-15(17(16)11-7-4-8-12-17)18-14-9-5-3-6-10-14/h3,5-6,9-10,15-16,18H,2,4,7-8,11-13H2,1H3. The summed E-state index contributed by atoms with van der Waals surface area (Å²) >= 11 is 0. The topological polar surface area (TPSA) is 21.3 Å². The Morgan fingerprint density at radius 3 is 2.58 bits per heavy atom. The molecule has 0 aliphatic heterocycles. The van der Waals surface area contributed by atoms with Crippen LogP contribution in [0.2, 0.25) is 0 Å². The van der Waals surface area contributed by atoms with Crippen LogP contribution in [0, 0.1) is 5.41 Å². The quantitative estimate of drug-likeness (QED) is 0.874. The maximum absolute atomic E-state index is 6.00. The van der Waals surface area contributed by atoms with Crippen molar-refractivity contribution in [1.82, 2.24) is 0 Å². The maximum Gasteiger partial charge on any atom is 0.0670 e. The molecule has 2 saturated carbocycles. The lowest BCUT2D eigenvalue weighted by molar-refractivity contribution is -0.134. The number of rotatable bonds is 4. The van der Waals surface area contributed by atoms with Crippen LogP contribution in [0.25, 0.3) is 0 Å². The van der Waals surface area contributed by atoms with E-state index >= 15 is 0 Å². The van der Waals surface area contributed by atoms with Gasteiger partial charge in [0.2, 0.25) is 0 Å². The maximum atomic E-state index is 6.00. The Kier molecular flexibility index (Phi) is 3.79. The number of anilines is 1. The average molecular weight is 259 g/mol. The minimum Gasteiger partial charge on any atom is -0.382 e. The molecule has 2 heteroatoms. The van der Waals surface area contributed by atoms with Crippen molar-refractivity contribution in [3.63, 3.8) is 0 Å². The second-order valence-corrected chi connectivity index (χ2v) is 6.04. The summed E-state index contributed by atoms with van der Waals surface area (Å²) in [5, 5.41) is 3.75. The van der Waals surface area contributed by atoms with Crippen molar-refractivity contribution < 1.29 is 4.74 Å². The Bertz CT molecular complexity index is 397. The number of para-hydroxylation sites is 1. The molecule has 2 nitrogen and oxygen atoms in total. The Balaban J connectivity index is 1.71. The fraction of sp³-hybridized carbons (Fsp3) is 0.647. The van der Waals surface area contributed by atoms with E-state index in [9.17, 15) is 0 Å². The first-order valence-corrected chi connectivity index (χ1v) is 7.78. The highest BCUT2D eigenvalue weighted by Crippen LogP contribution is 2.54. The minimum atomic E-state index is 0.407. The van der Waals surface area contributed by atoms with E-state index in [4.69, 9.17) is 4.74 Å². The molecule has 0 saturated heterocycles. The molecule has 2 aliphatic rings. The molecule has 3 rings (SSSR count). The first kappa shape index (κ1) is 13.0. The van der Waals surface area contributed by atoms with Crippen LogP contribution in [0.1, 0.15) is 45.4 Å². The summed E-state index contributed by atoms with van der Waals surface area (Å²) in [7, 11) is 0. The summed E-state index contributed by atoms with van der Waals surface area (Å²) in [5.74, 6) is 0. The zero-order valence-corrected chi connectivity index (χ0v) is 11.9. The Hall–Kier alpha value is -1.02. The molecule has 0 bridgehead atoms. The first-order valence-electron chi connectivity index (χ1n) is 7.78. The zero-order chi connectivity index (χ0) is 13.1. The number of nitrogens with one attached hydrogen (secondary N) is 1. The second kappa shape index (κ2) is 5.54. The van der Waals surface area contributed by atoms with Crippen molar-refractivity contribution in [2.45, 2.75) is 57.6 Å². The summed E-state index contributed by atoms with van der Waals surface area (Å²) in [5.41, 5.74) is 1.66. The summed E-state index contributed by atoms with van der Waals surface area (Å²) < 4.78 is 6.00. The van der Waals surface area contributed by atoms with Crippen molar-refractivity contribution in [3.05, 3.63) is 30.3 Å². The van der Waals surface area contributed by atoms with E-state index in [0.29, 0.717) is 17.6 Å². The first-order chi connectivity index (χ1) is 9.35. The molecular formula is C17H25NO. The van der Waals surface area contributed by atoms with Gasteiger partial charge < -0.3 is 10.1 Å². The van der Waals surface area contributed by atoms with Crippen LogP contribution in [0.3, 0.4) is 0 Å². The van der Waals surface area contributed by atoms with Gasteiger partial charge in [0.05, 0.1) is 6.10 Å². The van der Waals surface area contributed by atoms with E-state index in [1.807, 2.05) is 0 Å². The van der Waals surface area contributed by atoms with E-state index in [0.717, 1.165) is 6.61 Å². The lowest BCUT2D eigenvalue weighted by Gasteiger charge is -2.58. The van der Waals surface area contributed by atoms with Crippen LogP contribution in [-0.4, -0.2) is 18.8 Å². The summed E-state index contributed by atoms with van der Waals surface area (Å²) in [6, 6.07) is 11.2. The third-order valence-electron chi connectivity index (χ3n) is 5.05. The fourth-order valence-corrected chi connectivity index (χ4v) is 4.00. The van der Waals surface area contributed by atoms with Gasteiger partial charge in [0.1, 0.15) is 0 Å². The van der Waals surface area contributed by atoms with E-state index in [-0.39, 0.29) is 0 Å². The molecule has 2 atom stereocenters. The van der Waals surface area contributed by atoms with Gasteiger partial charge in [0.25, 0.3) is 0 Å². The number of benzene rings is 1. The highest BCUT2D eigenvalue weighted by molar-refractivity contribution is 5.45. The molecule has 0 aromatic heterocycles. The van der Waals surface area contributed by atoms with Crippen molar-refractivity contribution >= 4 is 5.69 Å². The highest BCUT2D eigenvalue weighted by Gasteiger charge is 2.55. The van der Waals surface area contributed by atoms with Gasteiger partial charge >= 0.3 is 0 Å². The van der Waals surface area contributed by atoms with Gasteiger partial charge in [0, 0.05) is 23.8 Å². The monoisotopic (exact) mass is 259 g/mol. The van der Waals surface area contributed by atoms with Crippen molar-refractivity contribution in [2.75, 3.05) is 11.9 Å². The number of hydrogen-bond acceptors (Lipinski definition) is 2. The van der Waals surface area contributed by atoms with E-state index < -0.39 is 0 Å². The molecule has 0 amide bonds. The fourth-order valence-electron chi connectivity index (χ4n) is 4.00. The predicted molar refractivity (Wildman–Crippen MR) is 79.4 cm³/mol. The molecule has 2 fully saturated rings. The van der Waals surface area contributed by atoms with Crippen LogP contribution >= 0.6 is 0 Å². The predicted octanol–water partition coefficient (Wildman–Crippen LogP) is 4.23. The minimum absolute atomic E-state index is 0.407. The molecule has 1 aromatic rings. The lowest BCUT2D eigenvalue weighted by Crippen LogP contribution is -2.62. The molecule has 0 heterocycles. The van der Waals surface area contributed by atoms with Gasteiger partial charge in [-0.05, 0) is 38.3 Å². The van der Waals surface area contributed by atoms with E-state index in [1.54, 1.807) is 0 Å². The smallest absolute Gasteiger partial charge is 0.0670 e. The Morgan fingerprint density at radius 2 is 1.89 bits per heavy atom. The van der Waals surface area contributed by atoms with Gasteiger partial charge in [-0.1, -0.05) is 37.5 Å². The molecule has 104 valence electrons. The summed E-state index contributed by atoms with van der Waals surface area (Å²) in [4.78, 5) is 0. The van der Waals surface area contributed by atoms with Crippen LogP contribution in [-0.2, 0) is 4.74 Å². The van der Waals surface area contributed by atoms with Crippen LogP contribution in [0.4, 0.5) is 5.69 Å². The molecule has 0 radical (unpaired) electrons. The van der Waals surface area contributed by atoms with Crippen molar-refractivity contribution in [3.8, 4) is 0 Å². The normalized spacial score (nSPS) is 28.9. The third kappa shape index (κ3) is 2.38.